The summed E-state index contributed by atoms with van der Waals surface area (Å²) < 4.78 is 2.15. The number of carboxylic acids is 1. The minimum Gasteiger partial charge on any atom is -0.480 e. The summed E-state index contributed by atoms with van der Waals surface area (Å²) in [5.74, 6) is -1.14. The third kappa shape index (κ3) is 3.45. The lowest BCUT2D eigenvalue weighted by atomic mass is 10.1. The molecular weight excluding hydrogens is 316 g/mol. The standard InChI is InChI=1S/C20H24N2O3/c1-13-11-18(20(25)21(12-19(23)24)17-9-10-17)15(3)22(13)14(2)16-7-5-4-6-8-16/h4-8,11,14,17H,9-10,12H2,1-3H3,(H,23,24). The van der Waals surface area contributed by atoms with Crippen LogP contribution < -0.4 is 0 Å². The van der Waals surface area contributed by atoms with Crippen LogP contribution in [0.2, 0.25) is 0 Å². The second kappa shape index (κ2) is 6.75. The highest BCUT2D eigenvalue weighted by molar-refractivity contribution is 5.97. The molecule has 0 saturated heterocycles. The van der Waals surface area contributed by atoms with Crippen molar-refractivity contribution < 1.29 is 14.7 Å². The molecule has 1 N–H and O–H groups in total. The van der Waals surface area contributed by atoms with E-state index in [1.807, 2.05) is 38.1 Å². The first kappa shape index (κ1) is 17.3. The van der Waals surface area contributed by atoms with Crippen molar-refractivity contribution >= 4 is 11.9 Å². The quantitative estimate of drug-likeness (QED) is 0.876. The molecule has 1 fully saturated rings. The Labute approximate surface area is 147 Å². The van der Waals surface area contributed by atoms with Gasteiger partial charge in [-0.1, -0.05) is 30.3 Å². The van der Waals surface area contributed by atoms with Gasteiger partial charge in [0.2, 0.25) is 0 Å². The van der Waals surface area contributed by atoms with Gasteiger partial charge in [-0.3, -0.25) is 9.59 Å². The van der Waals surface area contributed by atoms with Crippen molar-refractivity contribution in [2.45, 2.75) is 45.7 Å². The molecule has 1 aromatic heterocycles. The summed E-state index contributed by atoms with van der Waals surface area (Å²) in [6.07, 6.45) is 1.77. The van der Waals surface area contributed by atoms with Crippen LogP contribution in [0.3, 0.4) is 0 Å². The molecule has 3 rings (SSSR count). The van der Waals surface area contributed by atoms with Crippen molar-refractivity contribution in [3.05, 3.63) is 58.9 Å². The molecule has 2 aromatic rings. The number of carbonyl (C=O) groups is 2. The van der Waals surface area contributed by atoms with E-state index < -0.39 is 5.97 Å². The third-order valence-corrected chi connectivity index (χ3v) is 4.94. The molecule has 1 aromatic carbocycles. The van der Waals surface area contributed by atoms with E-state index >= 15 is 0 Å². The van der Waals surface area contributed by atoms with Crippen LogP contribution in [0.1, 0.15) is 53.1 Å². The van der Waals surface area contributed by atoms with Crippen molar-refractivity contribution in [1.82, 2.24) is 9.47 Å². The van der Waals surface area contributed by atoms with E-state index in [4.69, 9.17) is 5.11 Å². The van der Waals surface area contributed by atoms with E-state index in [2.05, 4.69) is 23.6 Å². The average Bonchev–Trinajstić information content (AvgIpc) is 3.38. The highest BCUT2D eigenvalue weighted by Gasteiger charge is 2.35. The second-order valence-corrected chi connectivity index (χ2v) is 6.80. The molecule has 5 nitrogen and oxygen atoms in total. The Morgan fingerprint density at radius 2 is 1.88 bits per heavy atom. The normalized spacial score (nSPS) is 15.0. The Kier molecular flexibility index (Phi) is 4.66. The van der Waals surface area contributed by atoms with E-state index in [-0.39, 0.29) is 24.5 Å². The molecule has 132 valence electrons. The van der Waals surface area contributed by atoms with Crippen LogP contribution in [0.5, 0.6) is 0 Å². The van der Waals surface area contributed by atoms with E-state index in [0.717, 1.165) is 24.2 Å². The van der Waals surface area contributed by atoms with E-state index in [0.29, 0.717) is 5.56 Å². The molecule has 1 aliphatic carbocycles. The highest BCUT2D eigenvalue weighted by Crippen LogP contribution is 2.31. The molecule has 0 aliphatic heterocycles. The fraction of sp³-hybridized carbons (Fsp3) is 0.400. The Balaban J connectivity index is 1.93. The first-order chi connectivity index (χ1) is 11.9. The van der Waals surface area contributed by atoms with Crippen LogP contribution in [0, 0.1) is 13.8 Å². The Morgan fingerprint density at radius 1 is 1.24 bits per heavy atom. The SMILES string of the molecule is Cc1cc(C(=O)N(CC(=O)O)C2CC2)c(C)n1C(C)c1ccccc1. The fourth-order valence-electron chi connectivity index (χ4n) is 3.52. The topological polar surface area (TPSA) is 62.5 Å². The maximum atomic E-state index is 13.0. The fourth-order valence-corrected chi connectivity index (χ4v) is 3.52. The lowest BCUT2D eigenvalue weighted by molar-refractivity contribution is -0.137. The zero-order chi connectivity index (χ0) is 18.1. The van der Waals surface area contributed by atoms with Gasteiger partial charge in [0.25, 0.3) is 5.91 Å². The number of carbonyl (C=O) groups excluding carboxylic acids is 1. The van der Waals surface area contributed by atoms with Gasteiger partial charge >= 0.3 is 5.97 Å². The molecule has 1 aliphatic rings. The van der Waals surface area contributed by atoms with Gasteiger partial charge in [0, 0.05) is 17.4 Å². The van der Waals surface area contributed by atoms with Crippen molar-refractivity contribution in [2.75, 3.05) is 6.54 Å². The zero-order valence-corrected chi connectivity index (χ0v) is 14.9. The number of nitrogens with zero attached hydrogens (tertiary/aromatic N) is 2. The van der Waals surface area contributed by atoms with Gasteiger partial charge in [0.15, 0.2) is 0 Å². The van der Waals surface area contributed by atoms with Crippen LogP contribution in [0.15, 0.2) is 36.4 Å². The molecule has 25 heavy (non-hydrogen) atoms. The summed E-state index contributed by atoms with van der Waals surface area (Å²) in [6, 6.07) is 12.2. The molecule has 0 spiro atoms. The van der Waals surface area contributed by atoms with Crippen LogP contribution >= 0.6 is 0 Å². The molecule has 0 radical (unpaired) electrons. The summed E-state index contributed by atoms with van der Waals surface area (Å²) in [6.45, 7) is 5.80. The number of carboxylic acid groups (broad SMARTS) is 1. The van der Waals surface area contributed by atoms with Gasteiger partial charge in [-0.2, -0.15) is 0 Å². The van der Waals surface area contributed by atoms with Gasteiger partial charge in [0.05, 0.1) is 11.6 Å². The predicted molar refractivity (Wildman–Crippen MR) is 95.9 cm³/mol. The number of benzene rings is 1. The van der Waals surface area contributed by atoms with Crippen LogP contribution in [-0.4, -0.2) is 39.0 Å². The van der Waals surface area contributed by atoms with Crippen molar-refractivity contribution in [3.8, 4) is 0 Å². The summed E-state index contributed by atoms with van der Waals surface area (Å²) >= 11 is 0. The summed E-state index contributed by atoms with van der Waals surface area (Å²) in [5, 5.41) is 9.12. The summed E-state index contributed by atoms with van der Waals surface area (Å²) in [4.78, 5) is 25.6. The maximum Gasteiger partial charge on any atom is 0.323 e. The minimum atomic E-state index is -0.966. The molecule has 1 atom stereocenters. The van der Waals surface area contributed by atoms with Crippen LogP contribution in [0.25, 0.3) is 0 Å². The van der Waals surface area contributed by atoms with Crippen LogP contribution in [-0.2, 0) is 4.79 Å². The number of hydrogen-bond donors (Lipinski definition) is 1. The van der Waals surface area contributed by atoms with Gasteiger partial charge in [0.1, 0.15) is 6.54 Å². The molecular formula is C20H24N2O3. The van der Waals surface area contributed by atoms with Gasteiger partial charge < -0.3 is 14.6 Å². The predicted octanol–water partition coefficient (Wildman–Crippen LogP) is 3.40. The summed E-state index contributed by atoms with van der Waals surface area (Å²) in [5.41, 5.74) is 3.67. The number of aliphatic carboxylic acids is 1. The number of aromatic nitrogens is 1. The maximum absolute atomic E-state index is 13.0. The van der Waals surface area contributed by atoms with E-state index in [9.17, 15) is 9.59 Å². The number of rotatable bonds is 6. The molecule has 1 unspecified atom stereocenters. The molecule has 5 heteroatoms. The number of amides is 1. The van der Waals surface area contributed by atoms with Crippen LogP contribution in [0.4, 0.5) is 0 Å². The van der Waals surface area contributed by atoms with E-state index in [1.54, 1.807) is 0 Å². The van der Waals surface area contributed by atoms with Gasteiger partial charge in [-0.25, -0.2) is 0 Å². The molecule has 1 saturated carbocycles. The van der Waals surface area contributed by atoms with Crippen molar-refractivity contribution in [2.24, 2.45) is 0 Å². The zero-order valence-electron chi connectivity index (χ0n) is 14.9. The second-order valence-electron chi connectivity index (χ2n) is 6.80. The van der Waals surface area contributed by atoms with Gasteiger partial charge in [-0.15, -0.1) is 0 Å². The molecule has 1 amide bonds. The Morgan fingerprint density at radius 3 is 2.44 bits per heavy atom. The first-order valence-electron chi connectivity index (χ1n) is 8.66. The lowest BCUT2D eigenvalue weighted by Gasteiger charge is -2.22. The van der Waals surface area contributed by atoms with E-state index in [1.165, 1.54) is 10.5 Å². The smallest absolute Gasteiger partial charge is 0.323 e. The summed E-state index contributed by atoms with van der Waals surface area (Å²) in [7, 11) is 0. The monoisotopic (exact) mass is 340 g/mol. The number of hydrogen-bond acceptors (Lipinski definition) is 2. The largest absolute Gasteiger partial charge is 0.480 e. The Bertz CT molecular complexity index is 791. The minimum absolute atomic E-state index is 0.0678. The molecule has 0 bridgehead atoms. The number of aryl methyl sites for hydroxylation is 1. The Hall–Kier alpha value is -2.56. The lowest BCUT2D eigenvalue weighted by Crippen LogP contribution is -2.37. The average molecular weight is 340 g/mol. The van der Waals surface area contributed by atoms with Crippen molar-refractivity contribution in [3.63, 3.8) is 0 Å². The molecule has 1 heterocycles. The third-order valence-electron chi connectivity index (χ3n) is 4.94. The van der Waals surface area contributed by atoms with Crippen molar-refractivity contribution in [1.29, 1.82) is 0 Å². The highest BCUT2D eigenvalue weighted by atomic mass is 16.4. The first-order valence-corrected chi connectivity index (χ1v) is 8.66. The van der Waals surface area contributed by atoms with Gasteiger partial charge in [-0.05, 0) is 45.2 Å².